The summed E-state index contributed by atoms with van der Waals surface area (Å²) in [6.07, 6.45) is 2.20. The number of furan rings is 1. The number of nitrogens with one attached hydrogen (secondary N) is 2. The summed E-state index contributed by atoms with van der Waals surface area (Å²) in [5, 5.41) is 15.4. The third-order valence-electron chi connectivity index (χ3n) is 3.78. The standard InChI is InChI=1S/C15H24N2O4/c1-5-10(2)15(4,20)9-16-13(18)11(3)17-14(19)12-7-6-8-21-12/h6-8,10-11,20H,5,9H2,1-4H3,(H,16,18)(H,17,19). The van der Waals surface area contributed by atoms with E-state index in [0.717, 1.165) is 6.42 Å². The topological polar surface area (TPSA) is 91.6 Å². The van der Waals surface area contributed by atoms with Crippen LogP contribution in [0.4, 0.5) is 0 Å². The molecule has 0 aliphatic rings. The minimum atomic E-state index is -0.977. The summed E-state index contributed by atoms with van der Waals surface area (Å²) in [7, 11) is 0. The average molecular weight is 296 g/mol. The van der Waals surface area contributed by atoms with Crippen LogP contribution in [-0.2, 0) is 4.79 Å². The largest absolute Gasteiger partial charge is 0.459 e. The maximum absolute atomic E-state index is 11.9. The van der Waals surface area contributed by atoms with E-state index < -0.39 is 17.6 Å². The zero-order valence-electron chi connectivity index (χ0n) is 13.0. The van der Waals surface area contributed by atoms with E-state index in [2.05, 4.69) is 10.6 Å². The molecule has 1 aromatic rings. The molecule has 6 nitrogen and oxygen atoms in total. The summed E-state index contributed by atoms with van der Waals surface area (Å²) >= 11 is 0. The molecule has 3 atom stereocenters. The lowest BCUT2D eigenvalue weighted by atomic mass is 9.88. The van der Waals surface area contributed by atoms with Crippen LogP contribution in [0.2, 0.25) is 0 Å². The Morgan fingerprint density at radius 2 is 2.10 bits per heavy atom. The van der Waals surface area contributed by atoms with E-state index in [1.807, 2.05) is 13.8 Å². The second kappa shape index (κ2) is 7.26. The highest BCUT2D eigenvalue weighted by Crippen LogP contribution is 2.18. The lowest BCUT2D eigenvalue weighted by molar-refractivity contribution is -0.124. The molecule has 0 aromatic carbocycles. The first-order chi connectivity index (χ1) is 9.77. The number of hydrogen-bond donors (Lipinski definition) is 3. The molecule has 0 aliphatic carbocycles. The first kappa shape index (κ1) is 17.2. The van der Waals surface area contributed by atoms with Crippen LogP contribution in [0.5, 0.6) is 0 Å². The van der Waals surface area contributed by atoms with Crippen LogP contribution in [0, 0.1) is 5.92 Å². The second-order valence-corrected chi connectivity index (χ2v) is 5.56. The van der Waals surface area contributed by atoms with Gasteiger partial charge in [0.15, 0.2) is 5.76 Å². The zero-order chi connectivity index (χ0) is 16.0. The predicted molar refractivity (Wildman–Crippen MR) is 78.7 cm³/mol. The van der Waals surface area contributed by atoms with Gasteiger partial charge in [0.25, 0.3) is 5.91 Å². The van der Waals surface area contributed by atoms with E-state index in [1.165, 1.54) is 12.3 Å². The molecule has 118 valence electrons. The Morgan fingerprint density at radius 3 is 2.62 bits per heavy atom. The highest BCUT2D eigenvalue weighted by atomic mass is 16.3. The van der Waals surface area contributed by atoms with Gasteiger partial charge in [0, 0.05) is 6.54 Å². The van der Waals surface area contributed by atoms with Gasteiger partial charge in [-0.2, -0.15) is 0 Å². The van der Waals surface area contributed by atoms with Gasteiger partial charge >= 0.3 is 0 Å². The Bertz CT molecular complexity index is 468. The SMILES string of the molecule is CCC(C)C(C)(O)CNC(=O)C(C)NC(=O)c1ccco1. The molecule has 0 radical (unpaired) electrons. The molecule has 0 fully saturated rings. The van der Waals surface area contributed by atoms with E-state index in [9.17, 15) is 14.7 Å². The predicted octanol–water partition coefficient (Wildman–Crippen LogP) is 1.31. The maximum atomic E-state index is 11.9. The number of rotatable bonds is 7. The van der Waals surface area contributed by atoms with Crippen LogP contribution in [0.25, 0.3) is 0 Å². The monoisotopic (exact) mass is 296 g/mol. The van der Waals surface area contributed by atoms with Crippen molar-refractivity contribution in [2.45, 2.75) is 45.8 Å². The van der Waals surface area contributed by atoms with Crippen molar-refractivity contribution < 1.29 is 19.1 Å². The summed E-state index contributed by atoms with van der Waals surface area (Å²) < 4.78 is 4.95. The molecule has 1 rings (SSSR count). The first-order valence-electron chi connectivity index (χ1n) is 7.12. The van der Waals surface area contributed by atoms with E-state index in [0.29, 0.717) is 0 Å². The normalized spacial score (nSPS) is 16.6. The van der Waals surface area contributed by atoms with E-state index in [-0.39, 0.29) is 24.1 Å². The Labute approximate surface area is 124 Å². The lowest BCUT2D eigenvalue weighted by Gasteiger charge is -2.30. The van der Waals surface area contributed by atoms with Gasteiger partial charge < -0.3 is 20.2 Å². The highest BCUT2D eigenvalue weighted by molar-refractivity contribution is 5.95. The first-order valence-corrected chi connectivity index (χ1v) is 7.12. The summed E-state index contributed by atoms with van der Waals surface area (Å²) in [6.45, 7) is 7.31. The minimum Gasteiger partial charge on any atom is -0.459 e. The van der Waals surface area contributed by atoms with Gasteiger partial charge in [-0.25, -0.2) is 0 Å². The highest BCUT2D eigenvalue weighted by Gasteiger charge is 2.28. The van der Waals surface area contributed by atoms with Crippen LogP contribution in [0.3, 0.4) is 0 Å². The van der Waals surface area contributed by atoms with E-state index in [1.54, 1.807) is 19.9 Å². The van der Waals surface area contributed by atoms with Gasteiger partial charge in [-0.3, -0.25) is 9.59 Å². The van der Waals surface area contributed by atoms with Crippen molar-refractivity contribution in [3.05, 3.63) is 24.2 Å². The molecule has 0 spiro atoms. The molecule has 6 heteroatoms. The molecular weight excluding hydrogens is 272 g/mol. The minimum absolute atomic E-state index is 0.0609. The van der Waals surface area contributed by atoms with Crippen LogP contribution in [0.15, 0.2) is 22.8 Å². The molecule has 1 heterocycles. The third kappa shape index (κ3) is 4.90. The third-order valence-corrected chi connectivity index (χ3v) is 3.78. The van der Waals surface area contributed by atoms with Crippen molar-refractivity contribution >= 4 is 11.8 Å². The fraction of sp³-hybridized carbons (Fsp3) is 0.600. The van der Waals surface area contributed by atoms with Crippen molar-refractivity contribution in [1.82, 2.24) is 10.6 Å². The maximum Gasteiger partial charge on any atom is 0.287 e. The van der Waals surface area contributed by atoms with Crippen molar-refractivity contribution in [1.29, 1.82) is 0 Å². The van der Waals surface area contributed by atoms with Gasteiger partial charge in [0.1, 0.15) is 6.04 Å². The molecule has 3 N–H and O–H groups in total. The Morgan fingerprint density at radius 1 is 1.43 bits per heavy atom. The van der Waals surface area contributed by atoms with Gasteiger partial charge in [-0.1, -0.05) is 20.3 Å². The van der Waals surface area contributed by atoms with Crippen LogP contribution >= 0.6 is 0 Å². The van der Waals surface area contributed by atoms with Crippen molar-refractivity contribution in [2.24, 2.45) is 5.92 Å². The summed E-state index contributed by atoms with van der Waals surface area (Å²) in [5.74, 6) is -0.582. The van der Waals surface area contributed by atoms with Gasteiger partial charge in [-0.05, 0) is 31.9 Å². The smallest absolute Gasteiger partial charge is 0.287 e. The van der Waals surface area contributed by atoms with E-state index >= 15 is 0 Å². The number of carbonyl (C=O) groups excluding carboxylic acids is 2. The number of carbonyl (C=O) groups is 2. The average Bonchev–Trinajstić information content (AvgIpc) is 2.97. The van der Waals surface area contributed by atoms with E-state index in [4.69, 9.17) is 4.42 Å². The summed E-state index contributed by atoms with van der Waals surface area (Å²) in [4.78, 5) is 23.7. The fourth-order valence-electron chi connectivity index (χ4n) is 1.77. The van der Waals surface area contributed by atoms with Crippen molar-refractivity contribution in [3.8, 4) is 0 Å². The molecule has 0 aliphatic heterocycles. The summed E-state index contributed by atoms with van der Waals surface area (Å²) in [6, 6.07) is 2.41. The molecule has 2 amide bonds. The van der Waals surface area contributed by atoms with Crippen LogP contribution < -0.4 is 10.6 Å². The lowest BCUT2D eigenvalue weighted by Crippen LogP contribution is -2.50. The molecule has 0 saturated carbocycles. The van der Waals surface area contributed by atoms with Crippen LogP contribution in [-0.4, -0.2) is 35.1 Å². The van der Waals surface area contributed by atoms with Crippen molar-refractivity contribution in [3.63, 3.8) is 0 Å². The summed E-state index contributed by atoms with van der Waals surface area (Å²) in [5.41, 5.74) is -0.977. The number of amides is 2. The van der Waals surface area contributed by atoms with Crippen molar-refractivity contribution in [2.75, 3.05) is 6.54 Å². The zero-order valence-corrected chi connectivity index (χ0v) is 13.0. The molecule has 21 heavy (non-hydrogen) atoms. The number of hydrogen-bond acceptors (Lipinski definition) is 4. The molecular formula is C15H24N2O4. The fourth-order valence-corrected chi connectivity index (χ4v) is 1.77. The number of aliphatic hydroxyl groups is 1. The van der Waals surface area contributed by atoms with Gasteiger partial charge in [-0.15, -0.1) is 0 Å². The molecule has 0 bridgehead atoms. The van der Waals surface area contributed by atoms with Gasteiger partial charge in [0.2, 0.25) is 5.91 Å². The Balaban J connectivity index is 2.46. The molecule has 0 saturated heterocycles. The molecule has 3 unspecified atom stereocenters. The quantitative estimate of drug-likeness (QED) is 0.707. The van der Waals surface area contributed by atoms with Crippen LogP contribution in [0.1, 0.15) is 44.7 Å². The Kier molecular flexibility index (Phi) is 5.96. The second-order valence-electron chi connectivity index (χ2n) is 5.56. The molecule has 1 aromatic heterocycles. The van der Waals surface area contributed by atoms with Gasteiger partial charge in [0.05, 0.1) is 11.9 Å². The Hall–Kier alpha value is -1.82.